The molecule has 2 rings (SSSR count). The van der Waals surface area contributed by atoms with E-state index < -0.39 is 0 Å². The Morgan fingerprint density at radius 1 is 0.952 bits per heavy atom. The van der Waals surface area contributed by atoms with E-state index in [1.807, 2.05) is 0 Å². The number of benzene rings is 1. The summed E-state index contributed by atoms with van der Waals surface area (Å²) >= 11 is 0. The molecule has 120 valence electrons. The fourth-order valence-corrected chi connectivity index (χ4v) is 3.23. The molecule has 0 saturated carbocycles. The highest BCUT2D eigenvalue weighted by molar-refractivity contribution is 5.85. The van der Waals surface area contributed by atoms with Gasteiger partial charge in [0, 0.05) is 6.04 Å². The molecule has 0 radical (unpaired) electrons. The van der Waals surface area contributed by atoms with Crippen molar-refractivity contribution in [2.24, 2.45) is 0 Å². The minimum absolute atomic E-state index is 0. The Balaban J connectivity index is 0.00000220. The second-order valence-electron chi connectivity index (χ2n) is 5.57. The van der Waals surface area contributed by atoms with Gasteiger partial charge in [-0.25, -0.2) is 0 Å². The van der Waals surface area contributed by atoms with Crippen molar-refractivity contribution in [2.75, 3.05) is 27.3 Å². The highest BCUT2D eigenvalue weighted by Crippen LogP contribution is 2.36. The van der Waals surface area contributed by atoms with Crippen LogP contribution in [0.4, 0.5) is 0 Å². The number of hydrogen-bond donors (Lipinski definition) is 0. The second kappa shape index (κ2) is 8.50. The van der Waals surface area contributed by atoms with Crippen molar-refractivity contribution in [3.8, 4) is 11.5 Å². The lowest BCUT2D eigenvalue weighted by Gasteiger charge is -2.27. The van der Waals surface area contributed by atoms with Gasteiger partial charge in [-0.3, -0.25) is 4.90 Å². The van der Waals surface area contributed by atoms with Crippen LogP contribution in [0.15, 0.2) is 12.1 Å². The van der Waals surface area contributed by atoms with E-state index in [0.29, 0.717) is 6.04 Å². The normalized spacial score (nSPS) is 14.0. The number of methoxy groups -OCH3 is 2. The number of fused-ring (bicyclic) bond motifs is 1. The molecule has 1 aromatic rings. The largest absolute Gasteiger partial charge is 0.493 e. The molecule has 1 aliphatic rings. The van der Waals surface area contributed by atoms with Crippen molar-refractivity contribution in [3.63, 3.8) is 0 Å². The van der Waals surface area contributed by atoms with Crippen molar-refractivity contribution in [1.82, 2.24) is 4.90 Å². The third-order valence-electron chi connectivity index (χ3n) is 4.15. The minimum Gasteiger partial charge on any atom is -0.493 e. The van der Waals surface area contributed by atoms with Gasteiger partial charge in [-0.1, -0.05) is 13.8 Å². The van der Waals surface area contributed by atoms with Crippen molar-refractivity contribution in [2.45, 2.75) is 45.6 Å². The van der Waals surface area contributed by atoms with Crippen LogP contribution in [0, 0.1) is 0 Å². The van der Waals surface area contributed by atoms with E-state index in [9.17, 15) is 0 Å². The molecule has 1 aromatic carbocycles. The van der Waals surface area contributed by atoms with Crippen LogP contribution in [0.25, 0.3) is 0 Å². The first-order valence-corrected chi connectivity index (χ1v) is 7.71. The molecule has 0 fully saturated rings. The third-order valence-corrected chi connectivity index (χ3v) is 4.15. The standard InChI is InChI=1S/C17H27NO2.ClH/c1-5-7-18(8-6-2)15-9-13-11-16(19-3)17(20-4)12-14(13)10-15;/h11-12,15H,5-10H2,1-4H3;1H. The lowest BCUT2D eigenvalue weighted by molar-refractivity contribution is 0.202. The summed E-state index contributed by atoms with van der Waals surface area (Å²) in [4.78, 5) is 2.64. The molecular weight excluding hydrogens is 286 g/mol. The summed E-state index contributed by atoms with van der Waals surface area (Å²) in [6.07, 6.45) is 4.71. The molecule has 0 saturated heterocycles. The van der Waals surface area contributed by atoms with E-state index in [4.69, 9.17) is 9.47 Å². The van der Waals surface area contributed by atoms with Gasteiger partial charge in [0.1, 0.15) is 0 Å². The smallest absolute Gasteiger partial charge is 0.161 e. The molecule has 0 amide bonds. The zero-order valence-corrected chi connectivity index (χ0v) is 14.5. The van der Waals surface area contributed by atoms with Crippen molar-refractivity contribution in [3.05, 3.63) is 23.3 Å². The summed E-state index contributed by atoms with van der Waals surface area (Å²) in [5, 5.41) is 0. The molecule has 1 aliphatic carbocycles. The average molecular weight is 314 g/mol. The molecule has 3 nitrogen and oxygen atoms in total. The molecule has 4 heteroatoms. The molecular formula is C17H28ClNO2. The monoisotopic (exact) mass is 313 g/mol. The fraction of sp³-hybridized carbons (Fsp3) is 0.647. The van der Waals surface area contributed by atoms with Crippen LogP contribution in [0.3, 0.4) is 0 Å². The second-order valence-corrected chi connectivity index (χ2v) is 5.57. The van der Waals surface area contributed by atoms with Crippen LogP contribution in [-0.4, -0.2) is 38.3 Å². The Bertz CT molecular complexity index is 412. The van der Waals surface area contributed by atoms with Gasteiger partial charge in [0.25, 0.3) is 0 Å². The summed E-state index contributed by atoms with van der Waals surface area (Å²) in [7, 11) is 3.41. The van der Waals surface area contributed by atoms with E-state index >= 15 is 0 Å². The van der Waals surface area contributed by atoms with Crippen molar-refractivity contribution in [1.29, 1.82) is 0 Å². The van der Waals surface area contributed by atoms with Crippen molar-refractivity contribution >= 4 is 12.4 Å². The highest BCUT2D eigenvalue weighted by atomic mass is 35.5. The third kappa shape index (κ3) is 4.04. The summed E-state index contributed by atoms with van der Waals surface area (Å²) < 4.78 is 10.8. The van der Waals surface area contributed by atoms with Crippen LogP contribution >= 0.6 is 12.4 Å². The van der Waals surface area contributed by atoms with Gasteiger partial charge in [0.15, 0.2) is 11.5 Å². The first-order valence-electron chi connectivity index (χ1n) is 7.71. The molecule has 0 spiro atoms. The van der Waals surface area contributed by atoms with E-state index in [1.165, 1.54) is 37.1 Å². The number of ether oxygens (including phenoxy) is 2. The number of halogens is 1. The molecule has 0 unspecified atom stereocenters. The Morgan fingerprint density at radius 3 is 1.71 bits per heavy atom. The SMILES string of the molecule is CCCN(CCC)C1Cc2cc(OC)c(OC)cc2C1.Cl. The number of rotatable bonds is 7. The summed E-state index contributed by atoms with van der Waals surface area (Å²) in [5.74, 6) is 1.70. The Kier molecular flexibility index (Phi) is 7.33. The maximum atomic E-state index is 5.41. The van der Waals surface area contributed by atoms with Crippen LogP contribution in [0.1, 0.15) is 37.8 Å². The van der Waals surface area contributed by atoms with Crippen LogP contribution in [-0.2, 0) is 12.8 Å². The maximum absolute atomic E-state index is 5.41. The Hall–Kier alpha value is -0.930. The first-order chi connectivity index (χ1) is 9.73. The van der Waals surface area contributed by atoms with Gasteiger partial charge < -0.3 is 9.47 Å². The summed E-state index contributed by atoms with van der Waals surface area (Å²) in [5.41, 5.74) is 2.84. The van der Waals surface area contributed by atoms with Crippen LogP contribution in [0.2, 0.25) is 0 Å². The summed E-state index contributed by atoms with van der Waals surface area (Å²) in [6.45, 7) is 6.91. The number of hydrogen-bond acceptors (Lipinski definition) is 3. The zero-order chi connectivity index (χ0) is 14.5. The van der Waals surface area contributed by atoms with Gasteiger partial charge in [-0.05, 0) is 62.0 Å². The van der Waals surface area contributed by atoms with E-state index in [2.05, 4.69) is 30.9 Å². The van der Waals surface area contributed by atoms with Crippen molar-refractivity contribution < 1.29 is 9.47 Å². The topological polar surface area (TPSA) is 21.7 Å². The van der Waals surface area contributed by atoms with E-state index in [1.54, 1.807) is 14.2 Å². The minimum atomic E-state index is 0. The number of nitrogens with zero attached hydrogens (tertiary/aromatic N) is 1. The van der Waals surface area contributed by atoms with Gasteiger partial charge in [0.2, 0.25) is 0 Å². The predicted molar refractivity (Wildman–Crippen MR) is 90.1 cm³/mol. The van der Waals surface area contributed by atoms with Gasteiger partial charge >= 0.3 is 0 Å². The zero-order valence-electron chi connectivity index (χ0n) is 13.6. The lowest BCUT2D eigenvalue weighted by atomic mass is 10.1. The quantitative estimate of drug-likeness (QED) is 0.766. The molecule has 0 heterocycles. The molecule has 0 bridgehead atoms. The van der Waals surface area contributed by atoms with Crippen LogP contribution < -0.4 is 9.47 Å². The van der Waals surface area contributed by atoms with Gasteiger partial charge in [-0.2, -0.15) is 0 Å². The van der Waals surface area contributed by atoms with Gasteiger partial charge in [-0.15, -0.1) is 12.4 Å². The van der Waals surface area contributed by atoms with Gasteiger partial charge in [0.05, 0.1) is 14.2 Å². The molecule has 0 atom stereocenters. The molecule has 0 N–H and O–H groups in total. The van der Waals surface area contributed by atoms with E-state index in [0.717, 1.165) is 24.3 Å². The lowest BCUT2D eigenvalue weighted by Crippen LogP contribution is -2.37. The first kappa shape index (κ1) is 18.1. The maximum Gasteiger partial charge on any atom is 0.161 e. The predicted octanol–water partition coefficient (Wildman–Crippen LogP) is 3.71. The Morgan fingerprint density at radius 2 is 1.38 bits per heavy atom. The highest BCUT2D eigenvalue weighted by Gasteiger charge is 2.27. The van der Waals surface area contributed by atoms with E-state index in [-0.39, 0.29) is 12.4 Å². The van der Waals surface area contributed by atoms with Crippen LogP contribution in [0.5, 0.6) is 11.5 Å². The molecule has 21 heavy (non-hydrogen) atoms. The summed E-state index contributed by atoms with van der Waals surface area (Å²) in [6, 6.07) is 4.95. The Labute approximate surface area is 135 Å². The average Bonchev–Trinajstić information content (AvgIpc) is 2.88. The fourth-order valence-electron chi connectivity index (χ4n) is 3.23. The molecule has 0 aliphatic heterocycles. The molecule has 0 aromatic heterocycles.